The molecule has 0 spiro atoms. The molecule has 0 bridgehead atoms. The molecule has 0 aliphatic heterocycles. The molecule has 1 amide bonds. The molecular weight excluding hydrogens is 412 g/mol. The van der Waals surface area contributed by atoms with Crippen LogP contribution in [0.4, 0.5) is 10.8 Å². The van der Waals surface area contributed by atoms with E-state index in [0.717, 1.165) is 28.3 Å². The number of rotatable bonds is 8. The zero-order chi connectivity index (χ0) is 22.4. The highest BCUT2D eigenvalue weighted by molar-refractivity contribution is 7.16. The van der Waals surface area contributed by atoms with E-state index in [1.807, 2.05) is 38.1 Å². The molecule has 162 valence electrons. The van der Waals surface area contributed by atoms with Crippen LogP contribution in [0, 0.1) is 0 Å². The average molecular weight is 439 g/mol. The summed E-state index contributed by atoms with van der Waals surface area (Å²) in [6.45, 7) is 6.46. The number of esters is 1. The van der Waals surface area contributed by atoms with Crippen molar-refractivity contribution in [3.8, 4) is 17.0 Å². The van der Waals surface area contributed by atoms with Gasteiger partial charge in [0.25, 0.3) is 0 Å². The number of aryl methyl sites for hydroxylation is 1. The molecular formula is C24H26N2O4S. The molecule has 6 nitrogen and oxygen atoms in total. The normalized spacial score (nSPS) is 10.6. The first-order valence-corrected chi connectivity index (χ1v) is 11.1. The van der Waals surface area contributed by atoms with Gasteiger partial charge in [0.15, 0.2) is 5.13 Å². The molecule has 0 saturated carbocycles. The average Bonchev–Trinajstić information content (AvgIpc) is 3.23. The molecule has 0 unspecified atom stereocenters. The van der Waals surface area contributed by atoms with Gasteiger partial charge in [-0.1, -0.05) is 13.8 Å². The topological polar surface area (TPSA) is 68.7 Å². The van der Waals surface area contributed by atoms with Gasteiger partial charge in [0.1, 0.15) is 5.75 Å². The van der Waals surface area contributed by atoms with Crippen molar-refractivity contribution in [1.29, 1.82) is 0 Å². The number of benzene rings is 2. The van der Waals surface area contributed by atoms with Gasteiger partial charge in [0.05, 0.1) is 30.7 Å². The number of amides is 1. The van der Waals surface area contributed by atoms with Crippen LogP contribution in [-0.4, -0.2) is 30.6 Å². The molecule has 0 saturated heterocycles. The van der Waals surface area contributed by atoms with Crippen LogP contribution < -0.4 is 9.64 Å². The SMILES string of the molecule is CCOc1ccc(-c2nc(N(C(=O)CC)c3ccc(C(=O)OC)cc3)sc2CC)cc1. The van der Waals surface area contributed by atoms with E-state index in [1.54, 1.807) is 29.2 Å². The number of hydrogen-bond donors (Lipinski definition) is 0. The minimum Gasteiger partial charge on any atom is -0.494 e. The first-order chi connectivity index (χ1) is 15.0. The van der Waals surface area contributed by atoms with Crippen LogP contribution in [0.1, 0.15) is 42.4 Å². The largest absolute Gasteiger partial charge is 0.494 e. The van der Waals surface area contributed by atoms with Crippen molar-refractivity contribution in [2.24, 2.45) is 0 Å². The number of carbonyl (C=O) groups is 2. The fraction of sp³-hybridized carbons (Fsp3) is 0.292. The summed E-state index contributed by atoms with van der Waals surface area (Å²) >= 11 is 1.50. The van der Waals surface area contributed by atoms with E-state index < -0.39 is 5.97 Å². The van der Waals surface area contributed by atoms with Crippen molar-refractivity contribution >= 4 is 34.0 Å². The van der Waals surface area contributed by atoms with Gasteiger partial charge >= 0.3 is 5.97 Å². The zero-order valence-electron chi connectivity index (χ0n) is 18.2. The molecule has 2 aromatic carbocycles. The summed E-state index contributed by atoms with van der Waals surface area (Å²) in [5.41, 5.74) is 2.94. The van der Waals surface area contributed by atoms with E-state index in [2.05, 4.69) is 6.92 Å². The van der Waals surface area contributed by atoms with Gasteiger partial charge in [0.2, 0.25) is 5.91 Å². The predicted octanol–water partition coefficient (Wildman–Crippen LogP) is 5.63. The van der Waals surface area contributed by atoms with Gasteiger partial charge in [0, 0.05) is 16.9 Å². The van der Waals surface area contributed by atoms with Gasteiger partial charge in [-0.25, -0.2) is 9.78 Å². The van der Waals surface area contributed by atoms with Crippen molar-refractivity contribution in [3.05, 3.63) is 59.0 Å². The third-order valence-corrected chi connectivity index (χ3v) is 5.92. The first kappa shape index (κ1) is 22.5. The Morgan fingerprint density at radius 1 is 1.00 bits per heavy atom. The summed E-state index contributed by atoms with van der Waals surface area (Å²) in [7, 11) is 1.34. The molecule has 3 rings (SSSR count). The van der Waals surface area contributed by atoms with Crippen LogP contribution in [-0.2, 0) is 16.0 Å². The van der Waals surface area contributed by atoms with Crippen LogP contribution in [0.2, 0.25) is 0 Å². The summed E-state index contributed by atoms with van der Waals surface area (Å²) in [6, 6.07) is 14.6. The summed E-state index contributed by atoms with van der Waals surface area (Å²) in [6.07, 6.45) is 1.13. The second kappa shape index (κ2) is 10.2. The van der Waals surface area contributed by atoms with Gasteiger partial charge in [-0.05, 0) is 61.9 Å². The Labute approximate surface area is 186 Å². The van der Waals surface area contributed by atoms with Crippen molar-refractivity contribution in [1.82, 2.24) is 4.98 Å². The van der Waals surface area contributed by atoms with Crippen LogP contribution in [0.25, 0.3) is 11.3 Å². The molecule has 31 heavy (non-hydrogen) atoms. The van der Waals surface area contributed by atoms with E-state index in [1.165, 1.54) is 18.4 Å². The molecule has 0 radical (unpaired) electrons. The number of aromatic nitrogens is 1. The van der Waals surface area contributed by atoms with Crippen LogP contribution in [0.15, 0.2) is 48.5 Å². The standard InChI is InChI=1S/C24H26N2O4S/c1-5-20-22(16-10-14-19(15-11-16)30-7-3)25-24(31-20)26(21(27)6-2)18-12-8-17(9-13-18)23(28)29-4/h8-15H,5-7H2,1-4H3. The highest BCUT2D eigenvalue weighted by atomic mass is 32.1. The van der Waals surface area contributed by atoms with E-state index >= 15 is 0 Å². The summed E-state index contributed by atoms with van der Waals surface area (Å²) in [5.74, 6) is 0.328. The van der Waals surface area contributed by atoms with Gasteiger partial charge < -0.3 is 9.47 Å². The third kappa shape index (κ3) is 4.94. The maximum Gasteiger partial charge on any atom is 0.337 e. The maximum atomic E-state index is 12.8. The molecule has 0 N–H and O–H groups in total. The lowest BCUT2D eigenvalue weighted by Crippen LogP contribution is -2.24. The molecule has 0 atom stereocenters. The van der Waals surface area contributed by atoms with E-state index in [9.17, 15) is 9.59 Å². The molecule has 7 heteroatoms. The van der Waals surface area contributed by atoms with Gasteiger partial charge in [-0.15, -0.1) is 11.3 Å². The molecule has 0 fully saturated rings. The Hall–Kier alpha value is -3.19. The summed E-state index contributed by atoms with van der Waals surface area (Å²) < 4.78 is 10.3. The second-order valence-electron chi connectivity index (χ2n) is 6.70. The number of ether oxygens (including phenoxy) is 2. The van der Waals surface area contributed by atoms with Crippen molar-refractivity contribution in [2.45, 2.75) is 33.6 Å². The van der Waals surface area contributed by atoms with E-state index in [4.69, 9.17) is 14.5 Å². The Kier molecular flexibility index (Phi) is 7.41. The predicted molar refractivity (Wildman–Crippen MR) is 123 cm³/mol. The number of nitrogens with zero attached hydrogens (tertiary/aromatic N) is 2. The minimum atomic E-state index is -0.416. The number of anilines is 2. The Morgan fingerprint density at radius 2 is 1.68 bits per heavy atom. The fourth-order valence-corrected chi connectivity index (χ4v) is 4.22. The molecule has 0 aliphatic rings. The van der Waals surface area contributed by atoms with Crippen LogP contribution in [0.5, 0.6) is 5.75 Å². The van der Waals surface area contributed by atoms with Crippen molar-refractivity contribution < 1.29 is 19.1 Å². The smallest absolute Gasteiger partial charge is 0.337 e. The van der Waals surface area contributed by atoms with Crippen LogP contribution in [0.3, 0.4) is 0 Å². The van der Waals surface area contributed by atoms with Crippen molar-refractivity contribution in [2.75, 3.05) is 18.6 Å². The lowest BCUT2D eigenvalue weighted by Gasteiger charge is -2.19. The molecule has 3 aromatic rings. The third-order valence-electron chi connectivity index (χ3n) is 4.74. The lowest BCUT2D eigenvalue weighted by atomic mass is 10.1. The molecule has 1 aromatic heterocycles. The molecule has 1 heterocycles. The minimum absolute atomic E-state index is 0.0690. The monoisotopic (exact) mass is 438 g/mol. The second-order valence-corrected chi connectivity index (χ2v) is 7.76. The fourth-order valence-electron chi connectivity index (χ4n) is 3.16. The Bertz CT molecular complexity index is 1040. The molecule has 0 aliphatic carbocycles. The number of methoxy groups -OCH3 is 1. The number of hydrogen-bond acceptors (Lipinski definition) is 6. The van der Waals surface area contributed by atoms with Crippen LogP contribution >= 0.6 is 11.3 Å². The lowest BCUT2D eigenvalue weighted by molar-refractivity contribution is -0.117. The zero-order valence-corrected chi connectivity index (χ0v) is 19.0. The highest BCUT2D eigenvalue weighted by Gasteiger charge is 2.23. The van der Waals surface area contributed by atoms with Crippen molar-refractivity contribution in [3.63, 3.8) is 0 Å². The Morgan fingerprint density at radius 3 is 2.23 bits per heavy atom. The number of thiazole rings is 1. The first-order valence-electron chi connectivity index (χ1n) is 10.3. The van der Waals surface area contributed by atoms with Gasteiger partial charge in [-0.2, -0.15) is 0 Å². The summed E-state index contributed by atoms with van der Waals surface area (Å²) in [4.78, 5) is 32.1. The Balaban J connectivity index is 2.00. The maximum absolute atomic E-state index is 12.8. The quantitative estimate of drug-likeness (QED) is 0.426. The highest BCUT2D eigenvalue weighted by Crippen LogP contribution is 2.37. The van der Waals surface area contributed by atoms with E-state index in [0.29, 0.717) is 29.4 Å². The number of carbonyl (C=O) groups excluding carboxylic acids is 2. The van der Waals surface area contributed by atoms with Gasteiger partial charge in [-0.3, -0.25) is 9.69 Å². The summed E-state index contributed by atoms with van der Waals surface area (Å²) in [5, 5.41) is 0.610. The van der Waals surface area contributed by atoms with E-state index in [-0.39, 0.29) is 5.91 Å².